The number of hydrogen-bond acceptors (Lipinski definition) is 3. The Bertz CT molecular complexity index is 485. The summed E-state index contributed by atoms with van der Waals surface area (Å²) in [4.78, 5) is 1.15. The molecule has 2 N–H and O–H groups in total. The van der Waals surface area contributed by atoms with Gasteiger partial charge in [-0.25, -0.2) is 0 Å². The van der Waals surface area contributed by atoms with E-state index in [1.165, 1.54) is 0 Å². The maximum absolute atomic E-state index is 9.23. The fraction of sp³-hybridized carbons (Fsp3) is 0.0909. The van der Waals surface area contributed by atoms with E-state index in [1.807, 2.05) is 36.6 Å². The molecule has 2 rings (SSSR count). The summed E-state index contributed by atoms with van der Waals surface area (Å²) in [7, 11) is -1.41. The molecule has 0 aromatic heterocycles. The molecule has 2 aromatic rings. The topological polar surface area (TPSA) is 40.5 Å². The summed E-state index contributed by atoms with van der Waals surface area (Å²) >= 11 is 1.66. The van der Waals surface area contributed by atoms with Crippen molar-refractivity contribution in [2.75, 3.05) is 6.26 Å². The standard InChI is InChI=1S/C11H11BO2S/c1-15-11-7-6-10(12(13)14)8-4-2-3-5-9(8)11/h2-7,13-14H,1H3. The number of thioether (sulfide) groups is 1. The molecule has 0 unspecified atom stereocenters. The third-order valence-electron chi connectivity index (χ3n) is 2.42. The largest absolute Gasteiger partial charge is 0.489 e. The van der Waals surface area contributed by atoms with E-state index in [9.17, 15) is 10.0 Å². The Morgan fingerprint density at radius 2 is 1.67 bits per heavy atom. The number of hydrogen-bond donors (Lipinski definition) is 2. The summed E-state index contributed by atoms with van der Waals surface area (Å²) < 4.78 is 0. The van der Waals surface area contributed by atoms with Crippen LogP contribution in [-0.2, 0) is 0 Å². The van der Waals surface area contributed by atoms with Gasteiger partial charge in [-0.05, 0) is 28.6 Å². The summed E-state index contributed by atoms with van der Waals surface area (Å²) in [5.41, 5.74) is 0.559. The lowest BCUT2D eigenvalue weighted by molar-refractivity contribution is 0.426. The van der Waals surface area contributed by atoms with E-state index in [2.05, 4.69) is 0 Å². The first kappa shape index (κ1) is 10.5. The van der Waals surface area contributed by atoms with Crippen molar-refractivity contribution in [3.8, 4) is 0 Å². The van der Waals surface area contributed by atoms with Gasteiger partial charge in [-0.15, -0.1) is 11.8 Å². The molecule has 0 heterocycles. The Hall–Kier alpha value is -0.965. The normalized spacial score (nSPS) is 10.6. The van der Waals surface area contributed by atoms with E-state index in [4.69, 9.17) is 0 Å². The Balaban J connectivity index is 2.77. The highest BCUT2D eigenvalue weighted by Crippen LogP contribution is 2.24. The van der Waals surface area contributed by atoms with Gasteiger partial charge in [0.15, 0.2) is 0 Å². The highest BCUT2D eigenvalue weighted by molar-refractivity contribution is 7.98. The van der Waals surface area contributed by atoms with Crippen LogP contribution >= 0.6 is 11.8 Å². The minimum Gasteiger partial charge on any atom is -0.423 e. The van der Waals surface area contributed by atoms with Crippen molar-refractivity contribution in [2.24, 2.45) is 0 Å². The summed E-state index contributed by atoms with van der Waals surface area (Å²) in [6.45, 7) is 0. The lowest BCUT2D eigenvalue weighted by Gasteiger charge is -2.08. The van der Waals surface area contributed by atoms with E-state index < -0.39 is 7.12 Å². The molecule has 0 fully saturated rings. The predicted octanol–water partition coefficient (Wildman–Crippen LogP) is 1.24. The lowest BCUT2D eigenvalue weighted by Crippen LogP contribution is -2.30. The van der Waals surface area contributed by atoms with Gasteiger partial charge in [-0.3, -0.25) is 0 Å². The smallest absolute Gasteiger partial charge is 0.423 e. The lowest BCUT2D eigenvalue weighted by atomic mass is 9.77. The highest BCUT2D eigenvalue weighted by Gasteiger charge is 2.15. The molecule has 0 saturated carbocycles. The van der Waals surface area contributed by atoms with E-state index in [0.717, 1.165) is 15.7 Å². The van der Waals surface area contributed by atoms with E-state index in [0.29, 0.717) is 5.46 Å². The summed E-state index contributed by atoms with van der Waals surface area (Å²) in [5, 5.41) is 20.4. The molecule has 0 amide bonds. The van der Waals surface area contributed by atoms with Crippen LogP contribution in [0.1, 0.15) is 0 Å². The first-order chi connectivity index (χ1) is 7.24. The zero-order valence-corrected chi connectivity index (χ0v) is 9.16. The maximum atomic E-state index is 9.23. The summed E-state index contributed by atoms with van der Waals surface area (Å²) in [6, 6.07) is 11.4. The van der Waals surface area contributed by atoms with Crippen LogP contribution in [0.3, 0.4) is 0 Å². The Kier molecular flexibility index (Phi) is 3.00. The molecule has 15 heavy (non-hydrogen) atoms. The van der Waals surface area contributed by atoms with Gasteiger partial charge in [0, 0.05) is 4.90 Å². The molecular weight excluding hydrogens is 207 g/mol. The van der Waals surface area contributed by atoms with Crippen LogP contribution in [0.4, 0.5) is 0 Å². The quantitative estimate of drug-likeness (QED) is 0.588. The number of fused-ring (bicyclic) bond motifs is 1. The monoisotopic (exact) mass is 218 g/mol. The van der Waals surface area contributed by atoms with Crippen molar-refractivity contribution < 1.29 is 10.0 Å². The van der Waals surface area contributed by atoms with E-state index in [1.54, 1.807) is 17.8 Å². The molecule has 4 heteroatoms. The van der Waals surface area contributed by atoms with Crippen molar-refractivity contribution in [3.05, 3.63) is 36.4 Å². The van der Waals surface area contributed by atoms with E-state index >= 15 is 0 Å². The van der Waals surface area contributed by atoms with Crippen LogP contribution in [0.5, 0.6) is 0 Å². The second-order valence-electron chi connectivity index (χ2n) is 3.28. The Labute approximate surface area is 93.1 Å². The van der Waals surface area contributed by atoms with Gasteiger partial charge in [0.1, 0.15) is 0 Å². The van der Waals surface area contributed by atoms with Crippen molar-refractivity contribution in [3.63, 3.8) is 0 Å². The van der Waals surface area contributed by atoms with Crippen LogP contribution in [0.15, 0.2) is 41.3 Å². The third kappa shape index (κ3) is 1.88. The fourth-order valence-corrected chi connectivity index (χ4v) is 2.30. The molecule has 0 aliphatic rings. The SMILES string of the molecule is CSc1ccc(B(O)O)c2ccccc12. The van der Waals surface area contributed by atoms with E-state index in [-0.39, 0.29) is 0 Å². The minimum absolute atomic E-state index is 0.559. The van der Waals surface area contributed by atoms with Crippen LogP contribution in [0.25, 0.3) is 10.8 Å². The molecular formula is C11H11BO2S. The Morgan fingerprint density at radius 3 is 2.27 bits per heavy atom. The van der Waals surface area contributed by atoms with Gasteiger partial charge in [0.2, 0.25) is 0 Å². The van der Waals surface area contributed by atoms with Gasteiger partial charge in [-0.2, -0.15) is 0 Å². The van der Waals surface area contributed by atoms with Crippen molar-refractivity contribution >= 4 is 35.1 Å². The van der Waals surface area contributed by atoms with Crippen molar-refractivity contribution in [2.45, 2.75) is 4.90 Å². The third-order valence-corrected chi connectivity index (χ3v) is 3.21. The zero-order valence-electron chi connectivity index (χ0n) is 8.34. The van der Waals surface area contributed by atoms with Gasteiger partial charge in [0.25, 0.3) is 0 Å². The number of rotatable bonds is 2. The fourth-order valence-electron chi connectivity index (χ4n) is 1.70. The minimum atomic E-state index is -1.41. The molecule has 0 atom stereocenters. The molecule has 0 aliphatic carbocycles. The predicted molar refractivity (Wildman–Crippen MR) is 65.6 cm³/mol. The van der Waals surface area contributed by atoms with Gasteiger partial charge < -0.3 is 10.0 Å². The molecule has 2 nitrogen and oxygen atoms in total. The van der Waals surface area contributed by atoms with Crippen LogP contribution in [0.2, 0.25) is 0 Å². The first-order valence-corrected chi connectivity index (χ1v) is 5.88. The molecule has 0 aliphatic heterocycles. The zero-order chi connectivity index (χ0) is 10.8. The summed E-state index contributed by atoms with van der Waals surface area (Å²) in [5.74, 6) is 0. The molecule has 0 spiro atoms. The molecule has 0 saturated heterocycles. The molecule has 76 valence electrons. The van der Waals surface area contributed by atoms with Gasteiger partial charge in [0.05, 0.1) is 0 Å². The van der Waals surface area contributed by atoms with Crippen LogP contribution < -0.4 is 5.46 Å². The van der Waals surface area contributed by atoms with Crippen LogP contribution in [-0.4, -0.2) is 23.4 Å². The van der Waals surface area contributed by atoms with Crippen molar-refractivity contribution in [1.82, 2.24) is 0 Å². The second-order valence-corrected chi connectivity index (χ2v) is 4.12. The maximum Gasteiger partial charge on any atom is 0.489 e. The second kappa shape index (κ2) is 4.27. The average molecular weight is 218 g/mol. The van der Waals surface area contributed by atoms with Crippen molar-refractivity contribution in [1.29, 1.82) is 0 Å². The van der Waals surface area contributed by atoms with Gasteiger partial charge in [-0.1, -0.05) is 30.3 Å². The average Bonchev–Trinajstić information content (AvgIpc) is 2.27. The van der Waals surface area contributed by atoms with Gasteiger partial charge >= 0.3 is 7.12 Å². The molecule has 2 aromatic carbocycles. The molecule has 0 radical (unpaired) electrons. The highest BCUT2D eigenvalue weighted by atomic mass is 32.2. The number of benzene rings is 2. The Morgan fingerprint density at radius 1 is 1.00 bits per heavy atom. The van der Waals surface area contributed by atoms with Crippen LogP contribution in [0, 0.1) is 0 Å². The summed E-state index contributed by atoms with van der Waals surface area (Å²) in [6.07, 6.45) is 2.01. The first-order valence-electron chi connectivity index (χ1n) is 4.66. The molecule has 0 bridgehead atoms.